The number of hydrogen-bond donors (Lipinski definition) is 0. The Bertz CT molecular complexity index is 718. The fourth-order valence-electron chi connectivity index (χ4n) is 1.13. The third-order valence-electron chi connectivity index (χ3n) is 1.75. The van der Waals surface area contributed by atoms with Crippen LogP contribution in [-0.2, 0) is 25.5 Å². The zero-order chi connectivity index (χ0) is 15.6. The van der Waals surface area contributed by atoms with Gasteiger partial charge < -0.3 is 22.2 Å². The van der Waals surface area contributed by atoms with Crippen LogP contribution in [0.25, 0.3) is 0 Å². The SMILES string of the molecule is COC(=O)c1ccc(OS(=O)(=O)[O-])cc1OS(=O)(=O)[O-]. The van der Waals surface area contributed by atoms with E-state index in [9.17, 15) is 30.7 Å². The van der Waals surface area contributed by atoms with Crippen LogP contribution in [0.2, 0.25) is 0 Å². The van der Waals surface area contributed by atoms with E-state index in [1.54, 1.807) is 0 Å². The number of ether oxygens (including phenoxy) is 1. The van der Waals surface area contributed by atoms with Crippen LogP contribution in [0.4, 0.5) is 0 Å². The molecule has 0 amide bonds. The lowest BCUT2D eigenvalue weighted by atomic mass is 10.2. The summed E-state index contributed by atoms with van der Waals surface area (Å²) in [6.45, 7) is 0. The molecule has 0 aliphatic rings. The van der Waals surface area contributed by atoms with Crippen LogP contribution in [0.5, 0.6) is 11.5 Å². The normalized spacial score (nSPS) is 11.8. The van der Waals surface area contributed by atoms with Crippen molar-refractivity contribution in [1.29, 1.82) is 0 Å². The second kappa shape index (κ2) is 5.62. The molecule has 0 aliphatic heterocycles. The molecule has 0 heterocycles. The first-order valence-corrected chi connectivity index (χ1v) is 7.21. The average molecular weight is 326 g/mol. The fourth-order valence-corrected chi connectivity index (χ4v) is 1.83. The quantitative estimate of drug-likeness (QED) is 0.379. The summed E-state index contributed by atoms with van der Waals surface area (Å²) in [6.07, 6.45) is 0. The van der Waals surface area contributed by atoms with Crippen LogP contribution in [0.1, 0.15) is 10.4 Å². The standard InChI is InChI=1S/C8H8O10S2/c1-16-8(9)6-3-2-5(17-19(10,11)12)4-7(6)18-20(13,14)15/h2-4H,1H3,(H,10,11,12)(H,13,14,15)/p-2. The predicted molar refractivity (Wildman–Crippen MR) is 58.4 cm³/mol. The molecule has 0 fully saturated rings. The van der Waals surface area contributed by atoms with Crippen LogP contribution in [-0.4, -0.2) is 39.0 Å². The van der Waals surface area contributed by atoms with Gasteiger partial charge in [0.15, 0.2) is 5.75 Å². The average Bonchev–Trinajstić information content (AvgIpc) is 2.24. The Morgan fingerprint density at radius 1 is 1.05 bits per heavy atom. The van der Waals surface area contributed by atoms with Gasteiger partial charge in [0.2, 0.25) is 0 Å². The molecule has 1 rings (SSSR count). The molecule has 112 valence electrons. The summed E-state index contributed by atoms with van der Waals surface area (Å²) in [5.74, 6) is -2.54. The highest BCUT2D eigenvalue weighted by Crippen LogP contribution is 2.27. The minimum Gasteiger partial charge on any atom is -0.716 e. The van der Waals surface area contributed by atoms with Crippen molar-refractivity contribution in [3.8, 4) is 11.5 Å². The number of carbonyl (C=O) groups is 1. The highest BCUT2D eigenvalue weighted by molar-refractivity contribution is 7.81. The molecule has 0 saturated carbocycles. The van der Waals surface area contributed by atoms with Crippen molar-refractivity contribution in [2.45, 2.75) is 0 Å². The highest BCUT2D eigenvalue weighted by atomic mass is 32.3. The summed E-state index contributed by atoms with van der Waals surface area (Å²) in [6, 6.07) is 2.29. The van der Waals surface area contributed by atoms with Gasteiger partial charge in [-0.05, 0) is 12.1 Å². The maximum absolute atomic E-state index is 11.3. The fraction of sp³-hybridized carbons (Fsp3) is 0.125. The summed E-state index contributed by atoms with van der Waals surface area (Å²) >= 11 is 0. The van der Waals surface area contributed by atoms with Crippen molar-refractivity contribution in [3.05, 3.63) is 23.8 Å². The van der Waals surface area contributed by atoms with Crippen LogP contribution < -0.4 is 8.37 Å². The van der Waals surface area contributed by atoms with E-state index in [0.29, 0.717) is 6.07 Å². The molecule has 0 radical (unpaired) electrons. The van der Waals surface area contributed by atoms with Gasteiger partial charge in [-0.15, -0.1) is 0 Å². The third-order valence-corrected chi connectivity index (χ3v) is 2.53. The molecular formula is C8H6O10S2-2. The monoisotopic (exact) mass is 326 g/mol. The Labute approximate surface area is 113 Å². The molecule has 20 heavy (non-hydrogen) atoms. The predicted octanol–water partition coefficient (Wildman–Crippen LogP) is -0.849. The molecule has 0 N–H and O–H groups in total. The number of esters is 1. The van der Waals surface area contributed by atoms with Crippen LogP contribution in [0.3, 0.4) is 0 Å². The van der Waals surface area contributed by atoms with E-state index >= 15 is 0 Å². The minimum atomic E-state index is -5.24. The van der Waals surface area contributed by atoms with E-state index in [4.69, 9.17) is 0 Å². The van der Waals surface area contributed by atoms with E-state index < -0.39 is 43.8 Å². The van der Waals surface area contributed by atoms with E-state index in [2.05, 4.69) is 13.1 Å². The Balaban J connectivity index is 3.32. The molecule has 0 atom stereocenters. The summed E-state index contributed by atoms with van der Waals surface area (Å²) < 4.78 is 74.8. The van der Waals surface area contributed by atoms with Crippen molar-refractivity contribution in [3.63, 3.8) is 0 Å². The Kier molecular flexibility index (Phi) is 4.54. The number of benzene rings is 1. The van der Waals surface area contributed by atoms with Gasteiger partial charge in [0.05, 0.1) is 7.11 Å². The van der Waals surface area contributed by atoms with Crippen LogP contribution >= 0.6 is 0 Å². The first kappa shape index (κ1) is 16.2. The second-order valence-electron chi connectivity index (χ2n) is 3.13. The van der Waals surface area contributed by atoms with Crippen molar-refractivity contribution < 1.29 is 43.8 Å². The van der Waals surface area contributed by atoms with Gasteiger partial charge in [-0.1, -0.05) is 0 Å². The molecule has 0 saturated heterocycles. The van der Waals surface area contributed by atoms with Gasteiger partial charge in [0, 0.05) is 6.07 Å². The number of rotatable bonds is 5. The molecule has 1 aromatic rings. The zero-order valence-corrected chi connectivity index (χ0v) is 11.3. The molecule has 0 aromatic heterocycles. The number of methoxy groups -OCH3 is 1. The van der Waals surface area contributed by atoms with Gasteiger partial charge >= 0.3 is 5.97 Å². The van der Waals surface area contributed by atoms with E-state index in [1.165, 1.54) is 0 Å². The smallest absolute Gasteiger partial charge is 0.341 e. The van der Waals surface area contributed by atoms with Gasteiger partial charge in [-0.3, -0.25) is 0 Å². The summed E-state index contributed by atoms with van der Waals surface area (Å²) in [5, 5.41) is 0. The maximum atomic E-state index is 11.3. The zero-order valence-electron chi connectivity index (χ0n) is 9.63. The Morgan fingerprint density at radius 2 is 1.60 bits per heavy atom. The topological polar surface area (TPSA) is 159 Å². The van der Waals surface area contributed by atoms with Crippen LogP contribution in [0, 0.1) is 0 Å². The lowest BCUT2D eigenvalue weighted by Crippen LogP contribution is -2.13. The summed E-state index contributed by atoms with van der Waals surface area (Å²) in [7, 11) is -9.39. The van der Waals surface area contributed by atoms with E-state index in [0.717, 1.165) is 19.2 Å². The molecule has 0 aliphatic carbocycles. The van der Waals surface area contributed by atoms with E-state index in [1.807, 2.05) is 0 Å². The Hall–Kier alpha value is -1.89. The van der Waals surface area contributed by atoms with Gasteiger partial charge in [-0.2, -0.15) is 0 Å². The lowest BCUT2D eigenvalue weighted by molar-refractivity contribution is 0.0598. The van der Waals surface area contributed by atoms with Crippen molar-refractivity contribution in [2.75, 3.05) is 7.11 Å². The van der Waals surface area contributed by atoms with Crippen LogP contribution in [0.15, 0.2) is 18.2 Å². The lowest BCUT2D eigenvalue weighted by Gasteiger charge is -2.14. The van der Waals surface area contributed by atoms with Crippen molar-refractivity contribution >= 4 is 26.8 Å². The molecule has 1 aromatic carbocycles. The maximum Gasteiger partial charge on any atom is 0.341 e. The van der Waals surface area contributed by atoms with Gasteiger partial charge in [0.25, 0.3) is 20.8 Å². The molecule has 12 heteroatoms. The van der Waals surface area contributed by atoms with Crippen molar-refractivity contribution in [2.24, 2.45) is 0 Å². The number of carbonyl (C=O) groups excluding carboxylic acids is 1. The van der Waals surface area contributed by atoms with Gasteiger partial charge in [-0.25, -0.2) is 21.6 Å². The number of hydrogen-bond acceptors (Lipinski definition) is 10. The van der Waals surface area contributed by atoms with Crippen molar-refractivity contribution in [1.82, 2.24) is 0 Å². The molecular weight excluding hydrogens is 320 g/mol. The summed E-state index contributed by atoms with van der Waals surface area (Å²) in [5.41, 5.74) is -0.484. The first-order valence-electron chi connectivity index (χ1n) is 4.55. The highest BCUT2D eigenvalue weighted by Gasteiger charge is 2.17. The third kappa shape index (κ3) is 5.00. The largest absolute Gasteiger partial charge is 0.716 e. The van der Waals surface area contributed by atoms with Gasteiger partial charge in [0.1, 0.15) is 11.3 Å². The molecule has 10 nitrogen and oxygen atoms in total. The van der Waals surface area contributed by atoms with E-state index in [-0.39, 0.29) is 0 Å². The Morgan fingerprint density at radius 3 is 2.05 bits per heavy atom. The first-order chi connectivity index (χ1) is 9.02. The molecule has 0 unspecified atom stereocenters. The molecule has 0 spiro atoms. The molecule has 0 bridgehead atoms. The summed E-state index contributed by atoms with van der Waals surface area (Å²) in [4.78, 5) is 11.3. The minimum absolute atomic E-state index is 0.484. The second-order valence-corrected chi connectivity index (χ2v) is 5.10.